The van der Waals surface area contributed by atoms with E-state index in [1.807, 2.05) is 24.3 Å². The first-order valence-electron chi connectivity index (χ1n) is 10.2. The Kier molecular flexibility index (Phi) is 7.80. The molecule has 0 atom stereocenters. The standard InChI is InChI=1S/C25H16Br3ClN2O4/c1-13-20(29)3-2-4-21(13)31-24(33)18(23(32)30-25(31)34)10-15-9-17(27)11-19(28)22(15)35-12-14-5-7-16(26)8-6-14/h2-11H,12H2,1H3,(H,30,32,34)/b18-10+. The lowest BCUT2D eigenvalue weighted by molar-refractivity contribution is -0.122. The minimum atomic E-state index is -0.843. The van der Waals surface area contributed by atoms with E-state index in [4.69, 9.17) is 16.3 Å². The van der Waals surface area contributed by atoms with Gasteiger partial charge < -0.3 is 4.74 Å². The number of imide groups is 2. The predicted octanol–water partition coefficient (Wildman–Crippen LogP) is 7.18. The molecule has 4 rings (SSSR count). The van der Waals surface area contributed by atoms with Gasteiger partial charge in [-0.2, -0.15) is 0 Å². The van der Waals surface area contributed by atoms with Gasteiger partial charge in [0, 0.05) is 19.5 Å². The number of hydrogen-bond donors (Lipinski definition) is 1. The molecule has 1 saturated heterocycles. The maximum absolute atomic E-state index is 13.4. The van der Waals surface area contributed by atoms with Gasteiger partial charge in [-0.15, -0.1) is 0 Å². The number of amides is 4. The van der Waals surface area contributed by atoms with Crippen molar-refractivity contribution in [3.8, 4) is 5.75 Å². The SMILES string of the molecule is Cc1c(Cl)cccc1N1C(=O)NC(=O)/C(=C\c2cc(Br)cc(Br)c2OCc2ccc(Br)cc2)C1=O. The van der Waals surface area contributed by atoms with E-state index in [0.29, 0.717) is 36.5 Å². The van der Waals surface area contributed by atoms with Crippen molar-refractivity contribution in [3.05, 3.63) is 95.3 Å². The molecular formula is C25H16Br3ClN2O4. The lowest BCUT2D eigenvalue weighted by Crippen LogP contribution is -2.54. The molecule has 35 heavy (non-hydrogen) atoms. The highest BCUT2D eigenvalue weighted by molar-refractivity contribution is 9.11. The summed E-state index contributed by atoms with van der Waals surface area (Å²) in [5, 5.41) is 2.63. The zero-order chi connectivity index (χ0) is 25.3. The van der Waals surface area contributed by atoms with Crippen LogP contribution in [-0.4, -0.2) is 17.8 Å². The molecule has 0 saturated carbocycles. The van der Waals surface area contributed by atoms with Crippen molar-refractivity contribution in [2.45, 2.75) is 13.5 Å². The van der Waals surface area contributed by atoms with Crippen molar-refractivity contribution in [1.82, 2.24) is 5.32 Å². The largest absolute Gasteiger partial charge is 0.487 e. The van der Waals surface area contributed by atoms with Gasteiger partial charge in [0.15, 0.2) is 0 Å². The minimum absolute atomic E-state index is 0.220. The van der Waals surface area contributed by atoms with Crippen molar-refractivity contribution in [1.29, 1.82) is 0 Å². The van der Waals surface area contributed by atoms with Gasteiger partial charge in [-0.3, -0.25) is 14.9 Å². The average molecular weight is 684 g/mol. The fourth-order valence-electron chi connectivity index (χ4n) is 3.45. The van der Waals surface area contributed by atoms with E-state index < -0.39 is 17.8 Å². The third-order valence-corrected chi connectivity index (χ3v) is 7.20. The number of benzene rings is 3. The molecule has 10 heteroatoms. The Morgan fingerprint density at radius 3 is 2.43 bits per heavy atom. The van der Waals surface area contributed by atoms with Crippen molar-refractivity contribution in [3.63, 3.8) is 0 Å². The Balaban J connectivity index is 1.73. The number of hydrogen-bond acceptors (Lipinski definition) is 4. The number of nitrogens with one attached hydrogen (secondary N) is 1. The number of halogens is 4. The molecule has 0 spiro atoms. The Bertz CT molecular complexity index is 1390. The fraction of sp³-hybridized carbons (Fsp3) is 0.0800. The summed E-state index contributed by atoms with van der Waals surface area (Å²) < 4.78 is 8.34. The van der Waals surface area contributed by atoms with E-state index >= 15 is 0 Å². The van der Waals surface area contributed by atoms with Crippen LogP contribution in [0.2, 0.25) is 5.02 Å². The summed E-state index contributed by atoms with van der Waals surface area (Å²) >= 11 is 16.5. The summed E-state index contributed by atoms with van der Waals surface area (Å²) in [5.41, 5.74) is 2.01. The molecule has 0 aliphatic carbocycles. The molecule has 4 amide bonds. The molecule has 0 bridgehead atoms. The number of ether oxygens (including phenoxy) is 1. The summed E-state index contributed by atoms with van der Waals surface area (Å²) in [6, 6.07) is 15.2. The van der Waals surface area contributed by atoms with Crippen molar-refractivity contribution in [2.75, 3.05) is 4.90 Å². The van der Waals surface area contributed by atoms with Crippen LogP contribution in [0.1, 0.15) is 16.7 Å². The van der Waals surface area contributed by atoms with E-state index in [9.17, 15) is 14.4 Å². The molecule has 1 aliphatic rings. The van der Waals surface area contributed by atoms with Crippen LogP contribution in [0.15, 0.2) is 73.6 Å². The molecule has 178 valence electrons. The van der Waals surface area contributed by atoms with Crippen LogP contribution in [0.25, 0.3) is 6.08 Å². The lowest BCUT2D eigenvalue weighted by Gasteiger charge is -2.28. The van der Waals surface area contributed by atoms with Crippen LogP contribution in [0.4, 0.5) is 10.5 Å². The van der Waals surface area contributed by atoms with Crippen LogP contribution in [0.3, 0.4) is 0 Å². The second kappa shape index (κ2) is 10.7. The quantitative estimate of drug-likeness (QED) is 0.229. The van der Waals surface area contributed by atoms with Gasteiger partial charge >= 0.3 is 6.03 Å². The highest BCUT2D eigenvalue weighted by Gasteiger charge is 2.38. The number of nitrogens with zero attached hydrogens (tertiary/aromatic N) is 1. The molecule has 6 nitrogen and oxygen atoms in total. The topological polar surface area (TPSA) is 75.7 Å². The van der Waals surface area contributed by atoms with Gasteiger partial charge in [0.1, 0.15) is 17.9 Å². The molecule has 1 aliphatic heterocycles. The maximum atomic E-state index is 13.4. The summed E-state index contributed by atoms with van der Waals surface area (Å²) in [6.45, 7) is 1.95. The Labute approximate surface area is 231 Å². The van der Waals surface area contributed by atoms with Crippen LogP contribution in [0, 0.1) is 6.92 Å². The molecule has 0 radical (unpaired) electrons. The van der Waals surface area contributed by atoms with E-state index in [1.54, 1.807) is 37.3 Å². The van der Waals surface area contributed by atoms with Crippen molar-refractivity contribution < 1.29 is 19.1 Å². The second-order valence-corrected chi connectivity index (χ2v) is 10.7. The molecular weight excluding hydrogens is 667 g/mol. The molecule has 0 unspecified atom stereocenters. The third-order valence-electron chi connectivity index (χ3n) is 5.22. The first-order valence-corrected chi connectivity index (χ1v) is 12.9. The second-order valence-electron chi connectivity index (χ2n) is 7.56. The summed E-state index contributed by atoms with van der Waals surface area (Å²) in [6.07, 6.45) is 1.41. The summed E-state index contributed by atoms with van der Waals surface area (Å²) in [4.78, 5) is 39.6. The zero-order valence-corrected chi connectivity index (χ0v) is 23.6. The highest BCUT2D eigenvalue weighted by atomic mass is 79.9. The van der Waals surface area contributed by atoms with Crippen LogP contribution >= 0.6 is 59.4 Å². The number of rotatable bonds is 5. The van der Waals surface area contributed by atoms with Gasteiger partial charge in [-0.05, 0) is 76.5 Å². The van der Waals surface area contributed by atoms with Crippen LogP contribution in [0.5, 0.6) is 5.75 Å². The van der Waals surface area contributed by atoms with Crippen LogP contribution in [-0.2, 0) is 16.2 Å². The van der Waals surface area contributed by atoms with Gasteiger partial charge in [0.2, 0.25) is 0 Å². The van der Waals surface area contributed by atoms with Gasteiger partial charge in [0.25, 0.3) is 11.8 Å². The fourth-order valence-corrected chi connectivity index (χ4v) is 5.25. The zero-order valence-electron chi connectivity index (χ0n) is 18.1. The maximum Gasteiger partial charge on any atom is 0.335 e. The van der Waals surface area contributed by atoms with Gasteiger partial charge in [-0.1, -0.05) is 61.7 Å². The Morgan fingerprint density at radius 1 is 1.00 bits per heavy atom. The molecule has 3 aromatic rings. The third kappa shape index (κ3) is 5.53. The summed E-state index contributed by atoms with van der Waals surface area (Å²) in [5.74, 6) is -1.13. The van der Waals surface area contributed by atoms with E-state index in [0.717, 1.165) is 14.9 Å². The molecule has 1 N–H and O–H groups in total. The number of urea groups is 1. The van der Waals surface area contributed by atoms with E-state index in [2.05, 4.69) is 53.1 Å². The first-order chi connectivity index (χ1) is 16.7. The first kappa shape index (κ1) is 25.6. The highest BCUT2D eigenvalue weighted by Crippen LogP contribution is 2.36. The van der Waals surface area contributed by atoms with Gasteiger partial charge in [0.05, 0.1) is 10.2 Å². The molecule has 1 fully saturated rings. The number of barbiturate groups is 1. The minimum Gasteiger partial charge on any atom is -0.487 e. The smallest absolute Gasteiger partial charge is 0.335 e. The monoisotopic (exact) mass is 680 g/mol. The van der Waals surface area contributed by atoms with E-state index in [1.165, 1.54) is 6.08 Å². The number of carbonyl (C=O) groups excluding carboxylic acids is 3. The normalized spacial score (nSPS) is 14.9. The Hall–Kier alpha value is -2.46. The Morgan fingerprint density at radius 2 is 1.71 bits per heavy atom. The lowest BCUT2D eigenvalue weighted by atomic mass is 10.0. The number of carbonyl (C=O) groups is 3. The number of anilines is 1. The van der Waals surface area contributed by atoms with Gasteiger partial charge in [-0.25, -0.2) is 9.69 Å². The predicted molar refractivity (Wildman–Crippen MR) is 146 cm³/mol. The molecule has 3 aromatic carbocycles. The van der Waals surface area contributed by atoms with Crippen molar-refractivity contribution >= 4 is 89.0 Å². The average Bonchev–Trinajstić information content (AvgIpc) is 2.79. The molecule has 0 aromatic heterocycles. The van der Waals surface area contributed by atoms with Crippen molar-refractivity contribution in [2.24, 2.45) is 0 Å². The molecule has 1 heterocycles. The summed E-state index contributed by atoms with van der Waals surface area (Å²) in [7, 11) is 0. The van der Waals surface area contributed by atoms with E-state index in [-0.39, 0.29) is 12.2 Å². The van der Waals surface area contributed by atoms with Crippen LogP contribution < -0.4 is 15.0 Å².